The Bertz CT molecular complexity index is 403. The first-order chi connectivity index (χ1) is 7.29. The first kappa shape index (κ1) is 12.9. The first-order valence-corrected chi connectivity index (χ1v) is 6.16. The second-order valence-electron chi connectivity index (χ2n) is 3.51. The molecule has 1 amide bonds. The Labute approximate surface area is 93.2 Å². The van der Waals surface area contributed by atoms with Crippen molar-refractivity contribution in [1.82, 2.24) is 4.31 Å². The van der Waals surface area contributed by atoms with Crippen molar-refractivity contribution < 1.29 is 27.3 Å². The van der Waals surface area contributed by atoms with Crippen molar-refractivity contribution in [2.75, 3.05) is 0 Å². The summed E-state index contributed by atoms with van der Waals surface area (Å²) in [5, 5.41) is 0. The maximum Gasteiger partial charge on any atom is 0.365 e. The molecule has 1 fully saturated rings. The summed E-state index contributed by atoms with van der Waals surface area (Å²) in [6.07, 6.45) is -0.157. The molecule has 1 aliphatic rings. The molecule has 7 nitrogen and oxygen atoms in total. The van der Waals surface area contributed by atoms with Crippen LogP contribution in [-0.2, 0) is 24.6 Å². The summed E-state index contributed by atoms with van der Waals surface area (Å²) >= 11 is 0. The van der Waals surface area contributed by atoms with Gasteiger partial charge in [-0.3, -0.25) is 14.1 Å². The average Bonchev–Trinajstić information content (AvgIpc) is 2.10. The summed E-state index contributed by atoms with van der Waals surface area (Å²) in [6, 6.07) is 0. The summed E-state index contributed by atoms with van der Waals surface area (Å²) in [6.45, 7) is 2.92. The van der Waals surface area contributed by atoms with E-state index in [0.29, 0.717) is 12.8 Å². The number of esters is 1. The number of rotatable bonds is 4. The minimum Gasteiger partial charge on any atom is -0.440 e. The molecular weight excluding hydrogens is 238 g/mol. The predicted molar refractivity (Wildman–Crippen MR) is 52.3 cm³/mol. The normalized spacial score (nSPS) is 25.2. The van der Waals surface area contributed by atoms with Gasteiger partial charge >= 0.3 is 16.3 Å². The van der Waals surface area contributed by atoms with Gasteiger partial charge in [0.2, 0.25) is 12.1 Å². The van der Waals surface area contributed by atoms with Crippen LogP contribution in [0.5, 0.6) is 0 Å². The number of hydrogen-bond donors (Lipinski definition) is 1. The highest BCUT2D eigenvalue weighted by Crippen LogP contribution is 2.33. The van der Waals surface area contributed by atoms with Crippen molar-refractivity contribution in [1.29, 1.82) is 0 Å². The summed E-state index contributed by atoms with van der Waals surface area (Å²) in [5.41, 5.74) is 0. The van der Waals surface area contributed by atoms with Crippen LogP contribution in [0, 0.1) is 5.92 Å². The number of amides is 1. The third-order valence-electron chi connectivity index (χ3n) is 2.24. The van der Waals surface area contributed by atoms with E-state index in [1.54, 1.807) is 0 Å². The van der Waals surface area contributed by atoms with Crippen LogP contribution in [0.15, 0.2) is 0 Å². The summed E-state index contributed by atoms with van der Waals surface area (Å²) in [7, 11) is -4.65. The Balaban J connectivity index is 2.87. The lowest BCUT2D eigenvalue weighted by Crippen LogP contribution is -2.64. The second kappa shape index (κ2) is 4.38. The summed E-state index contributed by atoms with van der Waals surface area (Å²) in [5.74, 6) is -2.13. The quantitative estimate of drug-likeness (QED) is 0.426. The van der Waals surface area contributed by atoms with Gasteiger partial charge in [0.25, 0.3) is 0 Å². The number of carbonyl (C=O) groups excluding carboxylic acids is 2. The Morgan fingerprint density at radius 2 is 2.12 bits per heavy atom. The molecule has 1 aliphatic heterocycles. The van der Waals surface area contributed by atoms with Gasteiger partial charge in [-0.1, -0.05) is 13.3 Å². The van der Waals surface area contributed by atoms with Gasteiger partial charge in [-0.2, -0.15) is 12.7 Å². The molecule has 0 saturated carbocycles. The van der Waals surface area contributed by atoms with Gasteiger partial charge in [-0.25, -0.2) is 0 Å². The van der Waals surface area contributed by atoms with Crippen molar-refractivity contribution in [2.45, 2.75) is 32.9 Å². The van der Waals surface area contributed by atoms with Gasteiger partial charge in [0, 0.05) is 6.92 Å². The van der Waals surface area contributed by atoms with Gasteiger partial charge in [0.15, 0.2) is 0 Å². The van der Waals surface area contributed by atoms with Crippen LogP contribution in [0.4, 0.5) is 0 Å². The minimum absolute atomic E-state index is 0.189. The molecule has 0 aliphatic carbocycles. The van der Waals surface area contributed by atoms with Gasteiger partial charge in [0.1, 0.15) is 0 Å². The van der Waals surface area contributed by atoms with Crippen molar-refractivity contribution in [3.8, 4) is 0 Å². The van der Waals surface area contributed by atoms with E-state index in [1.807, 2.05) is 6.92 Å². The lowest BCUT2D eigenvalue weighted by molar-refractivity contribution is -0.184. The number of nitrogens with zero attached hydrogens (tertiary/aromatic N) is 1. The largest absolute Gasteiger partial charge is 0.440 e. The SMILES string of the molecule is CCCC1C(=O)N(S(=O)(=O)O)C1OC(C)=O. The van der Waals surface area contributed by atoms with E-state index < -0.39 is 34.3 Å². The monoisotopic (exact) mass is 251 g/mol. The number of ether oxygens (including phenoxy) is 1. The fourth-order valence-corrected chi connectivity index (χ4v) is 2.43. The van der Waals surface area contributed by atoms with Gasteiger partial charge in [0.05, 0.1) is 5.92 Å². The molecular formula is C8H13NO6S. The second-order valence-corrected chi connectivity index (χ2v) is 4.80. The molecule has 0 radical (unpaired) electrons. The lowest BCUT2D eigenvalue weighted by atomic mass is 9.94. The molecule has 8 heteroatoms. The maximum absolute atomic E-state index is 11.4. The maximum atomic E-state index is 11.4. The Morgan fingerprint density at radius 1 is 1.56 bits per heavy atom. The van der Waals surface area contributed by atoms with E-state index in [9.17, 15) is 18.0 Å². The third kappa shape index (κ3) is 2.33. The van der Waals surface area contributed by atoms with E-state index >= 15 is 0 Å². The Hall–Kier alpha value is -1.15. The number of β-lactam (4-membered cyclic amide) rings is 1. The standard InChI is InChI=1S/C8H13NO6S/c1-3-4-6-7(11)9(16(12,13)14)8(6)15-5(2)10/h6,8H,3-4H2,1-2H3,(H,12,13,14). The molecule has 1 saturated heterocycles. The average molecular weight is 251 g/mol. The number of carbonyl (C=O) groups is 2. The smallest absolute Gasteiger partial charge is 0.365 e. The van der Waals surface area contributed by atoms with Gasteiger partial charge < -0.3 is 4.74 Å². The number of hydrogen-bond acceptors (Lipinski definition) is 5. The third-order valence-corrected chi connectivity index (χ3v) is 3.13. The predicted octanol–water partition coefficient (Wildman–Crippen LogP) is -0.0631. The minimum atomic E-state index is -4.65. The topological polar surface area (TPSA) is 101 Å². The Kier molecular flexibility index (Phi) is 3.54. The highest BCUT2D eigenvalue weighted by Gasteiger charge is 2.54. The zero-order valence-electron chi connectivity index (χ0n) is 8.91. The molecule has 2 atom stereocenters. The van der Waals surface area contributed by atoms with Crippen LogP contribution in [-0.4, -0.2) is 35.4 Å². The van der Waals surface area contributed by atoms with Crippen LogP contribution in [0.1, 0.15) is 26.7 Å². The molecule has 1 heterocycles. The van der Waals surface area contributed by atoms with Gasteiger partial charge in [-0.05, 0) is 6.42 Å². The Morgan fingerprint density at radius 3 is 2.50 bits per heavy atom. The van der Waals surface area contributed by atoms with Crippen molar-refractivity contribution in [3.63, 3.8) is 0 Å². The van der Waals surface area contributed by atoms with E-state index in [1.165, 1.54) is 0 Å². The molecule has 1 rings (SSSR count). The molecule has 0 aromatic heterocycles. The molecule has 0 aromatic rings. The molecule has 92 valence electrons. The molecule has 0 spiro atoms. The molecule has 2 unspecified atom stereocenters. The van der Waals surface area contributed by atoms with Crippen molar-refractivity contribution in [3.05, 3.63) is 0 Å². The zero-order chi connectivity index (χ0) is 12.5. The highest BCUT2D eigenvalue weighted by atomic mass is 32.2. The van der Waals surface area contributed by atoms with Crippen LogP contribution in [0.2, 0.25) is 0 Å². The van der Waals surface area contributed by atoms with E-state index in [4.69, 9.17) is 4.55 Å². The van der Waals surface area contributed by atoms with E-state index in [-0.39, 0.29) is 4.31 Å². The molecule has 1 N–H and O–H groups in total. The fraction of sp³-hybridized carbons (Fsp3) is 0.750. The van der Waals surface area contributed by atoms with Crippen molar-refractivity contribution in [2.24, 2.45) is 5.92 Å². The van der Waals surface area contributed by atoms with Crippen LogP contribution >= 0.6 is 0 Å². The highest BCUT2D eigenvalue weighted by molar-refractivity contribution is 7.84. The first-order valence-electron chi connectivity index (χ1n) is 4.77. The van der Waals surface area contributed by atoms with Crippen LogP contribution < -0.4 is 0 Å². The van der Waals surface area contributed by atoms with E-state index in [2.05, 4.69) is 4.74 Å². The summed E-state index contributed by atoms with van der Waals surface area (Å²) in [4.78, 5) is 22.1. The zero-order valence-corrected chi connectivity index (χ0v) is 9.73. The molecule has 16 heavy (non-hydrogen) atoms. The van der Waals surface area contributed by atoms with Gasteiger partial charge in [-0.15, -0.1) is 0 Å². The molecule has 0 bridgehead atoms. The van der Waals surface area contributed by atoms with Crippen molar-refractivity contribution >= 4 is 22.2 Å². The lowest BCUT2D eigenvalue weighted by Gasteiger charge is -2.42. The fourth-order valence-electron chi connectivity index (χ4n) is 1.61. The van der Waals surface area contributed by atoms with Crippen LogP contribution in [0.25, 0.3) is 0 Å². The molecule has 0 aromatic carbocycles. The van der Waals surface area contributed by atoms with E-state index in [0.717, 1.165) is 6.92 Å². The summed E-state index contributed by atoms with van der Waals surface area (Å²) < 4.78 is 35.3. The van der Waals surface area contributed by atoms with Crippen LogP contribution in [0.3, 0.4) is 0 Å².